The molecule has 1 heterocycles. The van der Waals surface area contributed by atoms with Crippen LogP contribution in [0.25, 0.3) is 0 Å². The molecule has 2 atom stereocenters. The van der Waals surface area contributed by atoms with Crippen molar-refractivity contribution in [2.24, 2.45) is 0 Å². The third-order valence-electron chi connectivity index (χ3n) is 6.94. The minimum atomic E-state index is -1.16. The Morgan fingerprint density at radius 2 is 1.39 bits per heavy atom. The molecule has 0 amide bonds. The summed E-state index contributed by atoms with van der Waals surface area (Å²) in [5.74, 6) is 0.730. The lowest BCUT2D eigenvalue weighted by atomic mass is 9.72. The Labute approximate surface area is 199 Å². The molecular weight excluding hydrogens is 406 g/mol. The van der Waals surface area contributed by atoms with Gasteiger partial charge in [-0.25, -0.2) is 0 Å². The van der Waals surface area contributed by atoms with E-state index in [4.69, 9.17) is 4.74 Å². The zero-order valence-electron chi connectivity index (χ0n) is 20.0. The van der Waals surface area contributed by atoms with Crippen molar-refractivity contribution >= 4 is 0 Å². The number of ether oxygens (including phenoxy) is 1. The molecular formula is C30H37NO2. The molecule has 1 aliphatic heterocycles. The first kappa shape index (κ1) is 23.5. The van der Waals surface area contributed by atoms with E-state index < -0.39 is 5.60 Å². The standard InChI is InChI=1S/C30H37NO2/c1-3-33-28-19-17-27(18-20-28)30(32,26-15-13-24(2)14-16-26)29(25-11-7-6-8-12-25)23-31-21-9-4-5-10-22-31/h6-8,11-20,29,32H,3-5,9-10,21-23H2,1-2H3/t29-,30-/m0/s1. The van der Waals surface area contributed by atoms with Gasteiger partial charge in [0.15, 0.2) is 0 Å². The molecule has 3 aromatic carbocycles. The van der Waals surface area contributed by atoms with Crippen LogP contribution in [0.1, 0.15) is 60.8 Å². The minimum Gasteiger partial charge on any atom is -0.494 e. The van der Waals surface area contributed by atoms with E-state index in [1.807, 2.05) is 37.3 Å². The van der Waals surface area contributed by atoms with Gasteiger partial charge in [-0.3, -0.25) is 0 Å². The largest absolute Gasteiger partial charge is 0.494 e. The van der Waals surface area contributed by atoms with Crippen molar-refractivity contribution in [1.29, 1.82) is 0 Å². The molecule has 1 saturated heterocycles. The van der Waals surface area contributed by atoms with E-state index in [-0.39, 0.29) is 5.92 Å². The average Bonchev–Trinajstić information content (AvgIpc) is 3.12. The van der Waals surface area contributed by atoms with Crippen molar-refractivity contribution in [2.75, 3.05) is 26.2 Å². The normalized spacial score (nSPS) is 17.7. The average molecular weight is 444 g/mol. The molecule has 0 aromatic heterocycles. The first-order valence-electron chi connectivity index (χ1n) is 12.4. The second-order valence-electron chi connectivity index (χ2n) is 9.27. The maximum absolute atomic E-state index is 12.7. The summed E-state index contributed by atoms with van der Waals surface area (Å²) in [4.78, 5) is 2.55. The highest BCUT2D eigenvalue weighted by Gasteiger charge is 2.42. The monoisotopic (exact) mass is 443 g/mol. The molecule has 174 valence electrons. The summed E-state index contributed by atoms with van der Waals surface area (Å²) in [7, 11) is 0. The van der Waals surface area contributed by atoms with Gasteiger partial charge in [0.1, 0.15) is 11.4 Å². The Morgan fingerprint density at radius 3 is 1.97 bits per heavy atom. The summed E-state index contributed by atoms with van der Waals surface area (Å²) in [5, 5.41) is 12.7. The van der Waals surface area contributed by atoms with Gasteiger partial charge in [-0.15, -0.1) is 0 Å². The van der Waals surface area contributed by atoms with Gasteiger partial charge in [-0.2, -0.15) is 0 Å². The van der Waals surface area contributed by atoms with E-state index >= 15 is 0 Å². The first-order chi connectivity index (χ1) is 16.1. The highest BCUT2D eigenvalue weighted by atomic mass is 16.5. The molecule has 1 N–H and O–H groups in total. The Bertz CT molecular complexity index is 976. The minimum absolute atomic E-state index is 0.0996. The first-order valence-corrected chi connectivity index (χ1v) is 12.4. The molecule has 0 radical (unpaired) electrons. The van der Waals surface area contributed by atoms with Gasteiger partial charge in [-0.1, -0.05) is 85.1 Å². The molecule has 3 nitrogen and oxygen atoms in total. The van der Waals surface area contributed by atoms with Crippen LogP contribution in [-0.4, -0.2) is 36.2 Å². The fraction of sp³-hybridized carbons (Fsp3) is 0.400. The van der Waals surface area contributed by atoms with Gasteiger partial charge in [0.25, 0.3) is 0 Å². The lowest BCUT2D eigenvalue weighted by Gasteiger charge is -2.40. The molecule has 0 unspecified atom stereocenters. The van der Waals surface area contributed by atoms with E-state index in [0.29, 0.717) is 6.61 Å². The molecule has 3 heteroatoms. The maximum Gasteiger partial charge on any atom is 0.123 e. The van der Waals surface area contributed by atoms with E-state index in [9.17, 15) is 5.11 Å². The quantitative estimate of drug-likeness (QED) is 0.444. The highest BCUT2D eigenvalue weighted by molar-refractivity contribution is 5.44. The van der Waals surface area contributed by atoms with E-state index in [1.165, 1.54) is 36.8 Å². The van der Waals surface area contributed by atoms with Crippen molar-refractivity contribution < 1.29 is 9.84 Å². The maximum atomic E-state index is 12.7. The fourth-order valence-electron chi connectivity index (χ4n) is 5.09. The summed E-state index contributed by atoms with van der Waals surface area (Å²) in [6.45, 7) is 7.72. The summed E-state index contributed by atoms with van der Waals surface area (Å²) >= 11 is 0. The van der Waals surface area contributed by atoms with Gasteiger partial charge >= 0.3 is 0 Å². The van der Waals surface area contributed by atoms with Gasteiger partial charge < -0.3 is 14.7 Å². The number of rotatable bonds is 8. The molecule has 3 aromatic rings. The fourth-order valence-corrected chi connectivity index (χ4v) is 5.09. The van der Waals surface area contributed by atoms with Crippen LogP contribution in [0.2, 0.25) is 0 Å². The van der Waals surface area contributed by atoms with Gasteiger partial charge in [0, 0.05) is 12.5 Å². The Balaban J connectivity index is 1.82. The van der Waals surface area contributed by atoms with Crippen molar-refractivity contribution in [3.8, 4) is 5.75 Å². The van der Waals surface area contributed by atoms with Gasteiger partial charge in [-0.05, 0) is 68.6 Å². The Kier molecular flexibility index (Phi) is 7.85. The highest BCUT2D eigenvalue weighted by Crippen LogP contribution is 2.44. The number of hydrogen-bond donors (Lipinski definition) is 1. The molecule has 33 heavy (non-hydrogen) atoms. The van der Waals surface area contributed by atoms with E-state index in [2.05, 4.69) is 60.4 Å². The second kappa shape index (κ2) is 11.0. The summed E-state index contributed by atoms with van der Waals surface area (Å²) < 4.78 is 5.69. The number of aliphatic hydroxyl groups is 1. The van der Waals surface area contributed by atoms with Crippen LogP contribution in [0.4, 0.5) is 0 Å². The lowest BCUT2D eigenvalue weighted by molar-refractivity contribution is 0.0340. The zero-order valence-corrected chi connectivity index (χ0v) is 20.0. The summed E-state index contributed by atoms with van der Waals surface area (Å²) in [5.41, 5.74) is 3.03. The van der Waals surface area contributed by atoms with Crippen LogP contribution in [0.15, 0.2) is 78.9 Å². The Morgan fingerprint density at radius 1 is 0.818 bits per heavy atom. The number of likely N-dealkylation sites (tertiary alicyclic amines) is 1. The number of benzene rings is 3. The second-order valence-corrected chi connectivity index (χ2v) is 9.27. The van der Waals surface area contributed by atoms with Gasteiger partial charge in [0.2, 0.25) is 0 Å². The van der Waals surface area contributed by atoms with Crippen LogP contribution in [0, 0.1) is 6.92 Å². The predicted octanol–water partition coefficient (Wildman–Crippen LogP) is 6.29. The van der Waals surface area contributed by atoms with Crippen LogP contribution in [0.3, 0.4) is 0 Å². The van der Waals surface area contributed by atoms with Crippen molar-refractivity contribution in [2.45, 2.75) is 51.0 Å². The lowest BCUT2D eigenvalue weighted by Crippen LogP contribution is -2.42. The van der Waals surface area contributed by atoms with E-state index in [0.717, 1.165) is 36.5 Å². The SMILES string of the molecule is CCOc1ccc([C@@](O)(c2ccc(C)cc2)[C@@H](CN2CCCCCC2)c2ccccc2)cc1. The number of aryl methyl sites for hydroxylation is 1. The molecule has 1 fully saturated rings. The number of nitrogens with zero attached hydrogens (tertiary/aromatic N) is 1. The predicted molar refractivity (Wildman–Crippen MR) is 136 cm³/mol. The van der Waals surface area contributed by atoms with Crippen LogP contribution in [0.5, 0.6) is 5.75 Å². The van der Waals surface area contributed by atoms with Crippen LogP contribution < -0.4 is 4.74 Å². The zero-order chi connectivity index (χ0) is 23.1. The summed E-state index contributed by atoms with van der Waals surface area (Å²) in [6.07, 6.45) is 5.06. The summed E-state index contributed by atoms with van der Waals surface area (Å²) in [6, 6.07) is 26.9. The van der Waals surface area contributed by atoms with Gasteiger partial charge in [0.05, 0.1) is 6.61 Å². The number of hydrogen-bond acceptors (Lipinski definition) is 3. The van der Waals surface area contributed by atoms with Crippen LogP contribution in [-0.2, 0) is 5.60 Å². The Hall–Kier alpha value is -2.62. The molecule has 0 saturated carbocycles. The topological polar surface area (TPSA) is 32.7 Å². The smallest absolute Gasteiger partial charge is 0.123 e. The molecule has 0 aliphatic carbocycles. The molecule has 0 bridgehead atoms. The third-order valence-corrected chi connectivity index (χ3v) is 6.94. The van der Waals surface area contributed by atoms with Crippen molar-refractivity contribution in [3.05, 3.63) is 101 Å². The van der Waals surface area contributed by atoms with Crippen LogP contribution >= 0.6 is 0 Å². The molecule has 4 rings (SSSR count). The molecule has 0 spiro atoms. The molecule has 1 aliphatic rings. The van der Waals surface area contributed by atoms with Crippen molar-refractivity contribution in [1.82, 2.24) is 4.90 Å². The van der Waals surface area contributed by atoms with E-state index in [1.54, 1.807) is 0 Å². The third kappa shape index (κ3) is 5.48. The van der Waals surface area contributed by atoms with Crippen molar-refractivity contribution in [3.63, 3.8) is 0 Å².